The minimum Gasteiger partial charge on any atom is -0.378 e. The number of likely N-dealkylation sites (N-methyl/N-ethyl adjacent to an activating group) is 1. The predicted octanol–water partition coefficient (Wildman–Crippen LogP) is 1.62. The van der Waals surface area contributed by atoms with Crippen molar-refractivity contribution in [3.8, 4) is 0 Å². The molecule has 9 heteroatoms. The molecule has 1 amide bonds. The Bertz CT molecular complexity index is 704. The van der Waals surface area contributed by atoms with E-state index in [-0.39, 0.29) is 6.04 Å². The molecule has 35 heavy (non-hydrogen) atoms. The number of ether oxygens (including phenoxy) is 3. The van der Waals surface area contributed by atoms with Gasteiger partial charge in [0, 0.05) is 25.2 Å². The number of benzene rings is 1. The molecule has 2 N–H and O–H groups in total. The molecule has 0 bridgehead atoms. The van der Waals surface area contributed by atoms with Gasteiger partial charge < -0.3 is 29.6 Å². The Kier molecular flexibility index (Phi) is 18.6. The monoisotopic (exact) mass is 493 g/mol. The van der Waals surface area contributed by atoms with Crippen molar-refractivity contribution < 1.29 is 28.6 Å². The van der Waals surface area contributed by atoms with Crippen molar-refractivity contribution in [1.29, 1.82) is 0 Å². The number of carbonyl (C=O) groups excluding carboxylic acids is 3. The van der Waals surface area contributed by atoms with Crippen molar-refractivity contribution in [3.05, 3.63) is 34.9 Å². The van der Waals surface area contributed by atoms with Crippen molar-refractivity contribution in [3.63, 3.8) is 0 Å². The second-order valence-electron chi connectivity index (χ2n) is 8.27. The molecule has 1 unspecified atom stereocenters. The third-order valence-electron chi connectivity index (χ3n) is 5.59. The van der Waals surface area contributed by atoms with Crippen molar-refractivity contribution in [1.82, 2.24) is 15.5 Å². The number of aldehydes is 2. The quantitative estimate of drug-likeness (QED) is 0.165. The fourth-order valence-corrected chi connectivity index (χ4v) is 3.65. The van der Waals surface area contributed by atoms with Gasteiger partial charge in [-0.05, 0) is 44.0 Å². The van der Waals surface area contributed by atoms with Crippen LogP contribution >= 0.6 is 0 Å². The molecule has 0 aromatic heterocycles. The van der Waals surface area contributed by atoms with Gasteiger partial charge in [-0.15, -0.1) is 0 Å². The highest BCUT2D eigenvalue weighted by Gasteiger charge is 2.16. The zero-order chi connectivity index (χ0) is 25.6. The Morgan fingerprint density at radius 3 is 2.26 bits per heavy atom. The van der Waals surface area contributed by atoms with E-state index in [0.29, 0.717) is 64.7 Å². The first-order valence-corrected chi connectivity index (χ1v) is 12.5. The molecule has 0 heterocycles. The first kappa shape index (κ1) is 30.9. The summed E-state index contributed by atoms with van der Waals surface area (Å²) < 4.78 is 16.3. The maximum Gasteiger partial charge on any atom is 0.207 e. The molecule has 9 nitrogen and oxygen atoms in total. The molecular weight excluding hydrogens is 450 g/mol. The van der Waals surface area contributed by atoms with Crippen LogP contribution in [0.2, 0.25) is 0 Å². The Balaban J connectivity index is 2.20. The Labute approximate surface area is 209 Å². The van der Waals surface area contributed by atoms with E-state index >= 15 is 0 Å². The minimum atomic E-state index is -0.135. The summed E-state index contributed by atoms with van der Waals surface area (Å²) in [6.07, 6.45) is 6.10. The number of amides is 1. The lowest BCUT2D eigenvalue weighted by Crippen LogP contribution is -2.33. The van der Waals surface area contributed by atoms with Gasteiger partial charge >= 0.3 is 0 Å². The van der Waals surface area contributed by atoms with Gasteiger partial charge in [-0.2, -0.15) is 0 Å². The van der Waals surface area contributed by atoms with Crippen molar-refractivity contribution >= 4 is 19.0 Å². The van der Waals surface area contributed by atoms with Gasteiger partial charge in [0.1, 0.15) is 12.6 Å². The summed E-state index contributed by atoms with van der Waals surface area (Å²) in [5.41, 5.74) is 2.86. The molecule has 0 aliphatic carbocycles. The molecule has 198 valence electrons. The first-order valence-electron chi connectivity index (χ1n) is 12.5. The fourth-order valence-electron chi connectivity index (χ4n) is 3.65. The van der Waals surface area contributed by atoms with Crippen LogP contribution in [0.3, 0.4) is 0 Å². The number of carbonyl (C=O) groups is 3. The molecule has 0 saturated heterocycles. The summed E-state index contributed by atoms with van der Waals surface area (Å²) in [6, 6.07) is 5.70. The highest BCUT2D eigenvalue weighted by molar-refractivity contribution is 5.78. The maximum absolute atomic E-state index is 11.6. The standard InChI is InChI=1S/C26H43N3O6/c1-3-6-25(21-31)29(2)19-26-23(7-4-8-24(26)20-30)9-5-10-27-11-13-33-15-17-35-18-16-34-14-12-28-22-32/h4,7-8,20-22,25,27H,3,5-6,9-19H2,1-2H3,(H,28,32). The van der Waals surface area contributed by atoms with Gasteiger partial charge in [0.25, 0.3) is 0 Å². The van der Waals surface area contributed by atoms with Gasteiger partial charge in [-0.3, -0.25) is 14.5 Å². The minimum absolute atomic E-state index is 0.135. The van der Waals surface area contributed by atoms with E-state index in [1.807, 2.05) is 24.1 Å². The smallest absolute Gasteiger partial charge is 0.207 e. The van der Waals surface area contributed by atoms with Crippen molar-refractivity contribution in [2.45, 2.75) is 45.2 Å². The summed E-state index contributed by atoms with van der Waals surface area (Å²) in [4.78, 5) is 35.2. The SMILES string of the molecule is CCCC(C=O)N(C)Cc1c(C=O)cccc1CCCNCCOCCOCCOCCNC=O. The van der Waals surface area contributed by atoms with E-state index < -0.39 is 0 Å². The van der Waals surface area contributed by atoms with Crippen LogP contribution in [-0.4, -0.2) is 96.2 Å². The van der Waals surface area contributed by atoms with Crippen LogP contribution in [0, 0.1) is 0 Å². The van der Waals surface area contributed by atoms with Crippen LogP contribution < -0.4 is 10.6 Å². The summed E-state index contributed by atoms with van der Waals surface area (Å²) in [5, 5.41) is 5.91. The van der Waals surface area contributed by atoms with Gasteiger partial charge in [-0.25, -0.2) is 0 Å². The number of nitrogens with one attached hydrogen (secondary N) is 2. The number of nitrogens with zero attached hydrogens (tertiary/aromatic N) is 1. The summed E-state index contributed by atoms with van der Waals surface area (Å²) in [7, 11) is 1.94. The highest BCUT2D eigenvalue weighted by atomic mass is 16.5. The van der Waals surface area contributed by atoms with Crippen LogP contribution in [-0.2, 0) is 36.8 Å². The topological polar surface area (TPSA) is 106 Å². The average Bonchev–Trinajstić information content (AvgIpc) is 2.87. The predicted molar refractivity (Wildman–Crippen MR) is 136 cm³/mol. The van der Waals surface area contributed by atoms with E-state index in [0.717, 1.165) is 62.5 Å². The first-order chi connectivity index (χ1) is 17.2. The third kappa shape index (κ3) is 14.1. The van der Waals surface area contributed by atoms with Crippen LogP contribution in [0.25, 0.3) is 0 Å². The molecule has 0 aliphatic rings. The number of hydrogen-bond acceptors (Lipinski definition) is 8. The van der Waals surface area contributed by atoms with E-state index in [9.17, 15) is 14.4 Å². The lowest BCUT2D eigenvalue weighted by molar-refractivity contribution is -0.112. The van der Waals surface area contributed by atoms with Crippen LogP contribution in [0.5, 0.6) is 0 Å². The zero-order valence-corrected chi connectivity index (χ0v) is 21.3. The second kappa shape index (κ2) is 21.1. The number of rotatable bonds is 24. The molecule has 1 aromatic rings. The highest BCUT2D eigenvalue weighted by Crippen LogP contribution is 2.19. The molecule has 0 fully saturated rings. The van der Waals surface area contributed by atoms with Gasteiger partial charge in [0.15, 0.2) is 0 Å². The van der Waals surface area contributed by atoms with Crippen molar-refractivity contribution in [2.75, 3.05) is 66.3 Å². The van der Waals surface area contributed by atoms with E-state index in [2.05, 4.69) is 23.6 Å². The van der Waals surface area contributed by atoms with E-state index in [1.54, 1.807) is 0 Å². The molecular formula is C26H43N3O6. The average molecular weight is 494 g/mol. The molecule has 0 spiro atoms. The molecule has 1 aromatic carbocycles. The third-order valence-corrected chi connectivity index (χ3v) is 5.59. The van der Waals surface area contributed by atoms with Gasteiger partial charge in [0.05, 0.1) is 45.7 Å². The van der Waals surface area contributed by atoms with Gasteiger partial charge in [0.2, 0.25) is 6.41 Å². The number of aryl methyl sites for hydroxylation is 1. The van der Waals surface area contributed by atoms with Crippen molar-refractivity contribution in [2.24, 2.45) is 0 Å². The Morgan fingerprint density at radius 2 is 1.63 bits per heavy atom. The molecule has 1 rings (SSSR count). The van der Waals surface area contributed by atoms with Crippen LogP contribution in [0.1, 0.15) is 47.7 Å². The van der Waals surface area contributed by atoms with Crippen LogP contribution in [0.4, 0.5) is 0 Å². The summed E-state index contributed by atoms with van der Waals surface area (Å²) in [6.45, 7) is 7.89. The van der Waals surface area contributed by atoms with E-state index in [4.69, 9.17) is 14.2 Å². The molecule has 0 aliphatic heterocycles. The van der Waals surface area contributed by atoms with Crippen LogP contribution in [0.15, 0.2) is 18.2 Å². The Morgan fingerprint density at radius 1 is 0.943 bits per heavy atom. The largest absolute Gasteiger partial charge is 0.378 e. The molecule has 0 radical (unpaired) electrons. The second-order valence-corrected chi connectivity index (χ2v) is 8.27. The summed E-state index contributed by atoms with van der Waals surface area (Å²) in [5.74, 6) is 0. The van der Waals surface area contributed by atoms with Gasteiger partial charge in [-0.1, -0.05) is 31.5 Å². The lowest BCUT2D eigenvalue weighted by atomic mass is 9.97. The Hall–Kier alpha value is -2.17. The molecule has 0 saturated carbocycles. The molecule has 1 atom stereocenters. The normalized spacial score (nSPS) is 12.0. The number of hydrogen-bond donors (Lipinski definition) is 2. The maximum atomic E-state index is 11.6. The van der Waals surface area contributed by atoms with E-state index in [1.165, 1.54) is 0 Å². The fraction of sp³-hybridized carbons (Fsp3) is 0.654. The summed E-state index contributed by atoms with van der Waals surface area (Å²) >= 11 is 0. The zero-order valence-electron chi connectivity index (χ0n) is 21.3. The lowest BCUT2D eigenvalue weighted by Gasteiger charge is -2.25.